The minimum atomic E-state index is -0.219. The number of rotatable bonds is 7. The third kappa shape index (κ3) is 3.54. The van der Waals surface area contributed by atoms with Crippen molar-refractivity contribution < 1.29 is 4.79 Å². The Kier molecular flexibility index (Phi) is 5.53. The van der Waals surface area contributed by atoms with Crippen LogP contribution >= 0.6 is 11.3 Å². The Balaban J connectivity index is 1.44. The smallest absolute Gasteiger partial charge is 0.231 e. The molecular weight excluding hydrogens is 292 g/mol. The van der Waals surface area contributed by atoms with E-state index in [1.165, 1.54) is 56.6 Å². The Labute approximate surface area is 138 Å². The summed E-state index contributed by atoms with van der Waals surface area (Å²) in [6, 6.07) is 4.21. The summed E-state index contributed by atoms with van der Waals surface area (Å²) in [7, 11) is 0. The first-order valence-electron chi connectivity index (χ1n) is 8.86. The Bertz CT molecular complexity index is 459. The van der Waals surface area contributed by atoms with Crippen molar-refractivity contribution in [2.24, 2.45) is 0 Å². The summed E-state index contributed by atoms with van der Waals surface area (Å²) in [5.74, 6) is 0.272. The number of likely N-dealkylation sites (tertiary alicyclic amines) is 1. The van der Waals surface area contributed by atoms with Gasteiger partial charge in [-0.15, -0.1) is 11.3 Å². The quantitative estimate of drug-likeness (QED) is 0.779. The molecule has 0 atom stereocenters. The molecule has 122 valence electrons. The van der Waals surface area contributed by atoms with E-state index in [1.807, 2.05) is 0 Å². The Morgan fingerprint density at radius 2 is 1.95 bits per heavy atom. The van der Waals surface area contributed by atoms with Gasteiger partial charge in [0.1, 0.15) is 0 Å². The van der Waals surface area contributed by atoms with Crippen LogP contribution in [0.3, 0.4) is 0 Å². The largest absolute Gasteiger partial charge is 0.355 e. The Hall–Kier alpha value is -0.870. The molecule has 1 aromatic rings. The van der Waals surface area contributed by atoms with E-state index < -0.39 is 0 Å². The minimum Gasteiger partial charge on any atom is -0.355 e. The summed E-state index contributed by atoms with van der Waals surface area (Å²) in [6.45, 7) is 4.58. The second-order valence-electron chi connectivity index (χ2n) is 6.78. The lowest BCUT2D eigenvalue weighted by atomic mass is 9.83. The van der Waals surface area contributed by atoms with Crippen molar-refractivity contribution in [3.8, 4) is 0 Å². The summed E-state index contributed by atoms with van der Waals surface area (Å²) >= 11 is 1.74. The first-order chi connectivity index (χ1) is 10.8. The SMILES string of the molecule is O=C(NCCCCN1CCCC1)C1(c2cccs2)CCCC1. The molecule has 3 rings (SSSR count). The first-order valence-corrected chi connectivity index (χ1v) is 9.74. The van der Waals surface area contributed by atoms with Crippen LogP contribution in [0.4, 0.5) is 0 Å². The second kappa shape index (κ2) is 7.60. The van der Waals surface area contributed by atoms with Gasteiger partial charge in [0, 0.05) is 11.4 Å². The summed E-state index contributed by atoms with van der Waals surface area (Å²) in [5.41, 5.74) is -0.219. The maximum absolute atomic E-state index is 12.8. The second-order valence-corrected chi connectivity index (χ2v) is 7.73. The van der Waals surface area contributed by atoms with Crippen molar-refractivity contribution >= 4 is 17.2 Å². The Morgan fingerprint density at radius 3 is 2.64 bits per heavy atom. The lowest BCUT2D eigenvalue weighted by Gasteiger charge is -2.26. The lowest BCUT2D eigenvalue weighted by Crippen LogP contribution is -2.42. The fraction of sp³-hybridized carbons (Fsp3) is 0.722. The van der Waals surface area contributed by atoms with Gasteiger partial charge in [-0.2, -0.15) is 0 Å². The molecule has 1 saturated heterocycles. The van der Waals surface area contributed by atoms with Crippen LogP contribution in [0.1, 0.15) is 56.2 Å². The van der Waals surface area contributed by atoms with Crippen molar-refractivity contribution in [3.63, 3.8) is 0 Å². The summed E-state index contributed by atoms with van der Waals surface area (Å²) < 4.78 is 0. The van der Waals surface area contributed by atoms with Gasteiger partial charge in [0.25, 0.3) is 0 Å². The van der Waals surface area contributed by atoms with Crippen molar-refractivity contribution in [2.75, 3.05) is 26.2 Å². The van der Waals surface area contributed by atoms with Gasteiger partial charge >= 0.3 is 0 Å². The molecular formula is C18H28N2OS. The van der Waals surface area contributed by atoms with Crippen molar-refractivity contribution in [3.05, 3.63) is 22.4 Å². The molecule has 0 unspecified atom stereocenters. The maximum Gasteiger partial charge on any atom is 0.231 e. The third-order valence-corrected chi connectivity index (χ3v) is 6.34. The number of thiophene rings is 1. The molecule has 3 nitrogen and oxygen atoms in total. The summed E-state index contributed by atoms with van der Waals surface area (Å²) in [4.78, 5) is 16.6. The molecule has 2 aliphatic rings. The van der Waals surface area contributed by atoms with Gasteiger partial charge in [-0.3, -0.25) is 4.79 Å². The third-order valence-electron chi connectivity index (χ3n) is 5.27. The average molecular weight is 321 g/mol. The number of nitrogens with one attached hydrogen (secondary N) is 1. The molecule has 2 fully saturated rings. The molecule has 1 N–H and O–H groups in total. The van der Waals surface area contributed by atoms with E-state index in [0.29, 0.717) is 0 Å². The monoisotopic (exact) mass is 320 g/mol. The predicted octanol–water partition coefficient (Wildman–Crippen LogP) is 3.55. The van der Waals surface area contributed by atoms with Gasteiger partial charge in [-0.25, -0.2) is 0 Å². The Morgan fingerprint density at radius 1 is 1.18 bits per heavy atom. The number of carbonyl (C=O) groups is 1. The molecule has 1 aliphatic carbocycles. The van der Waals surface area contributed by atoms with Gasteiger partial charge in [0.05, 0.1) is 5.41 Å². The molecule has 1 aliphatic heterocycles. The summed E-state index contributed by atoms with van der Waals surface area (Å²) in [6.07, 6.45) is 9.43. The lowest BCUT2D eigenvalue weighted by molar-refractivity contribution is -0.126. The zero-order chi connectivity index (χ0) is 15.3. The zero-order valence-corrected chi connectivity index (χ0v) is 14.3. The number of hydrogen-bond donors (Lipinski definition) is 1. The summed E-state index contributed by atoms with van der Waals surface area (Å²) in [5, 5.41) is 5.32. The van der Waals surface area contributed by atoms with Crippen LogP contribution in [-0.2, 0) is 10.2 Å². The molecule has 2 heterocycles. The standard InChI is InChI=1S/C18H28N2OS/c21-17(19-11-3-4-12-20-13-5-6-14-20)18(9-1-2-10-18)16-8-7-15-22-16/h7-8,15H,1-6,9-14H2,(H,19,21). The molecule has 22 heavy (non-hydrogen) atoms. The van der Waals surface area contributed by atoms with Crippen molar-refractivity contribution in [2.45, 2.75) is 56.8 Å². The van der Waals surface area contributed by atoms with E-state index in [0.717, 1.165) is 25.8 Å². The van der Waals surface area contributed by atoms with E-state index in [-0.39, 0.29) is 11.3 Å². The fourth-order valence-corrected chi connectivity index (χ4v) is 4.94. The van der Waals surface area contributed by atoms with Crippen LogP contribution in [0.5, 0.6) is 0 Å². The van der Waals surface area contributed by atoms with Gasteiger partial charge in [0.2, 0.25) is 5.91 Å². The zero-order valence-electron chi connectivity index (χ0n) is 13.5. The highest BCUT2D eigenvalue weighted by Crippen LogP contribution is 2.43. The van der Waals surface area contributed by atoms with Gasteiger partial charge in [-0.1, -0.05) is 18.9 Å². The fourth-order valence-electron chi connectivity index (χ4n) is 3.95. The normalized spacial score (nSPS) is 21.3. The van der Waals surface area contributed by atoms with Crippen molar-refractivity contribution in [1.82, 2.24) is 10.2 Å². The molecule has 0 radical (unpaired) electrons. The minimum absolute atomic E-state index is 0.219. The van der Waals surface area contributed by atoms with Crippen LogP contribution in [-0.4, -0.2) is 37.0 Å². The molecule has 1 aromatic heterocycles. The molecule has 1 saturated carbocycles. The number of nitrogens with zero attached hydrogens (tertiary/aromatic N) is 1. The van der Waals surface area contributed by atoms with Crippen LogP contribution in [0, 0.1) is 0 Å². The molecule has 1 amide bonds. The topological polar surface area (TPSA) is 32.3 Å². The van der Waals surface area contributed by atoms with Crippen molar-refractivity contribution in [1.29, 1.82) is 0 Å². The van der Waals surface area contributed by atoms with Crippen LogP contribution < -0.4 is 5.32 Å². The molecule has 4 heteroatoms. The van der Waals surface area contributed by atoms with Crippen LogP contribution in [0.15, 0.2) is 17.5 Å². The number of amides is 1. The molecule has 0 aromatic carbocycles. The highest BCUT2D eigenvalue weighted by Gasteiger charge is 2.43. The average Bonchev–Trinajstić information content (AvgIpc) is 3.27. The predicted molar refractivity (Wildman–Crippen MR) is 92.4 cm³/mol. The van der Waals surface area contributed by atoms with Gasteiger partial charge in [-0.05, 0) is 69.6 Å². The van der Waals surface area contributed by atoms with E-state index in [9.17, 15) is 4.79 Å². The van der Waals surface area contributed by atoms with E-state index >= 15 is 0 Å². The van der Waals surface area contributed by atoms with E-state index in [2.05, 4.69) is 27.7 Å². The van der Waals surface area contributed by atoms with Gasteiger partial charge < -0.3 is 10.2 Å². The molecule has 0 spiro atoms. The number of carbonyl (C=O) groups excluding carboxylic acids is 1. The maximum atomic E-state index is 12.8. The van der Waals surface area contributed by atoms with Crippen LogP contribution in [0.25, 0.3) is 0 Å². The van der Waals surface area contributed by atoms with E-state index in [4.69, 9.17) is 0 Å². The van der Waals surface area contributed by atoms with Gasteiger partial charge in [0.15, 0.2) is 0 Å². The number of hydrogen-bond acceptors (Lipinski definition) is 3. The molecule has 0 bridgehead atoms. The van der Waals surface area contributed by atoms with Crippen LogP contribution in [0.2, 0.25) is 0 Å². The number of unbranched alkanes of at least 4 members (excludes halogenated alkanes) is 1. The highest BCUT2D eigenvalue weighted by molar-refractivity contribution is 7.10. The highest BCUT2D eigenvalue weighted by atomic mass is 32.1. The first kappa shape index (κ1) is 16.0. The van der Waals surface area contributed by atoms with E-state index in [1.54, 1.807) is 11.3 Å².